The first-order valence-electron chi connectivity index (χ1n) is 5.58. The number of nitrogens with zero attached hydrogens (tertiary/aromatic N) is 1. The molecule has 0 amide bonds. The van der Waals surface area contributed by atoms with Gasteiger partial charge in [-0.3, -0.25) is 0 Å². The highest BCUT2D eigenvalue weighted by atomic mass is 32.2. The summed E-state index contributed by atoms with van der Waals surface area (Å²) in [5.74, 6) is -0.267. The number of benzene rings is 2. The Bertz CT molecular complexity index is 777. The summed E-state index contributed by atoms with van der Waals surface area (Å²) in [7, 11) is -3.28. The van der Waals surface area contributed by atoms with Crippen molar-refractivity contribution in [3.8, 4) is 17.6 Å². The van der Waals surface area contributed by atoms with Gasteiger partial charge in [0.25, 0.3) is 0 Å². The predicted molar refractivity (Wildman–Crippen MR) is 70.7 cm³/mol. The zero-order valence-electron chi connectivity index (χ0n) is 10.5. The van der Waals surface area contributed by atoms with Crippen LogP contribution in [-0.4, -0.2) is 14.7 Å². The van der Waals surface area contributed by atoms with Gasteiger partial charge in [0.15, 0.2) is 9.84 Å². The molecule has 0 aromatic heterocycles. The van der Waals surface area contributed by atoms with Gasteiger partial charge in [-0.2, -0.15) is 5.26 Å². The van der Waals surface area contributed by atoms with Crippen LogP contribution in [0.25, 0.3) is 0 Å². The van der Waals surface area contributed by atoms with Crippen molar-refractivity contribution in [2.24, 2.45) is 0 Å². The van der Waals surface area contributed by atoms with Gasteiger partial charge in [-0.25, -0.2) is 12.8 Å². The summed E-state index contributed by atoms with van der Waals surface area (Å²) in [5.41, 5.74) is -0.195. The molecule has 2 rings (SSSR count). The van der Waals surface area contributed by atoms with Gasteiger partial charge in [-0.05, 0) is 36.4 Å². The molecule has 4 nitrogen and oxygen atoms in total. The van der Waals surface area contributed by atoms with Gasteiger partial charge in [0, 0.05) is 6.26 Å². The molecule has 0 aliphatic heterocycles. The second-order valence-electron chi connectivity index (χ2n) is 4.07. The molecule has 0 heterocycles. The Balaban J connectivity index is 2.32. The number of ether oxygens (including phenoxy) is 1. The van der Waals surface area contributed by atoms with Crippen molar-refractivity contribution in [2.75, 3.05) is 6.26 Å². The van der Waals surface area contributed by atoms with Crippen molar-refractivity contribution in [1.82, 2.24) is 0 Å². The van der Waals surface area contributed by atoms with Crippen molar-refractivity contribution in [3.05, 3.63) is 53.8 Å². The quantitative estimate of drug-likeness (QED) is 0.872. The molecule has 0 bridgehead atoms. The van der Waals surface area contributed by atoms with Gasteiger partial charge in [-0.1, -0.05) is 6.07 Å². The fourth-order valence-corrected chi connectivity index (χ4v) is 2.21. The molecule has 0 aliphatic rings. The number of hydrogen-bond donors (Lipinski definition) is 0. The van der Waals surface area contributed by atoms with E-state index in [0.29, 0.717) is 5.75 Å². The summed E-state index contributed by atoms with van der Waals surface area (Å²) < 4.78 is 41.4. The second kappa shape index (κ2) is 5.31. The van der Waals surface area contributed by atoms with Crippen LogP contribution in [0.5, 0.6) is 11.5 Å². The third kappa shape index (κ3) is 2.95. The highest BCUT2D eigenvalue weighted by molar-refractivity contribution is 7.90. The lowest BCUT2D eigenvalue weighted by Crippen LogP contribution is -1.97. The molecule has 6 heteroatoms. The van der Waals surface area contributed by atoms with E-state index in [0.717, 1.165) is 12.3 Å². The average molecular weight is 291 g/mol. The monoisotopic (exact) mass is 291 g/mol. The van der Waals surface area contributed by atoms with Crippen molar-refractivity contribution < 1.29 is 17.5 Å². The Morgan fingerprint density at radius 3 is 2.35 bits per heavy atom. The fourth-order valence-electron chi connectivity index (χ4n) is 1.58. The van der Waals surface area contributed by atoms with Crippen molar-refractivity contribution in [2.45, 2.75) is 4.90 Å². The summed E-state index contributed by atoms with van der Waals surface area (Å²) >= 11 is 0. The van der Waals surface area contributed by atoms with Crippen molar-refractivity contribution in [3.63, 3.8) is 0 Å². The molecule has 0 saturated carbocycles. The zero-order chi connectivity index (χ0) is 14.8. The summed E-state index contributed by atoms with van der Waals surface area (Å²) in [6, 6.07) is 11.4. The van der Waals surface area contributed by atoms with E-state index in [1.807, 2.05) is 0 Å². The van der Waals surface area contributed by atoms with Gasteiger partial charge in [0.05, 0.1) is 4.90 Å². The lowest BCUT2D eigenvalue weighted by atomic mass is 10.2. The Morgan fingerprint density at radius 2 is 1.80 bits per heavy atom. The molecule has 0 unspecified atom stereocenters. The molecule has 0 spiro atoms. The van der Waals surface area contributed by atoms with Crippen LogP contribution in [0.1, 0.15) is 5.56 Å². The Kier molecular flexibility index (Phi) is 3.72. The number of sulfone groups is 1. The number of halogens is 1. The number of hydrogen-bond acceptors (Lipinski definition) is 4. The average Bonchev–Trinajstić information content (AvgIpc) is 2.38. The molecule has 2 aromatic rings. The van der Waals surface area contributed by atoms with Crippen LogP contribution in [0.15, 0.2) is 47.4 Å². The molecule has 0 radical (unpaired) electrons. The van der Waals surface area contributed by atoms with E-state index in [-0.39, 0.29) is 16.2 Å². The molecule has 20 heavy (non-hydrogen) atoms. The first-order chi connectivity index (χ1) is 9.41. The Labute approximate surface area is 116 Å². The van der Waals surface area contributed by atoms with Crippen LogP contribution < -0.4 is 4.74 Å². The van der Waals surface area contributed by atoms with Crippen LogP contribution in [0.2, 0.25) is 0 Å². The molecule has 2 aromatic carbocycles. The lowest BCUT2D eigenvalue weighted by Gasteiger charge is -2.08. The van der Waals surface area contributed by atoms with E-state index in [9.17, 15) is 12.8 Å². The number of nitriles is 1. The Morgan fingerprint density at radius 1 is 1.15 bits per heavy atom. The van der Waals surface area contributed by atoms with E-state index in [2.05, 4.69) is 0 Å². The SMILES string of the molecule is CS(=O)(=O)c1ccc(Oc2cccc(F)c2C#N)cc1. The van der Waals surface area contributed by atoms with E-state index >= 15 is 0 Å². The smallest absolute Gasteiger partial charge is 0.175 e. The predicted octanol–water partition coefficient (Wildman–Crippen LogP) is 2.89. The Hall–Kier alpha value is -2.39. The zero-order valence-corrected chi connectivity index (χ0v) is 11.3. The summed E-state index contributed by atoms with van der Waals surface area (Å²) in [6.07, 6.45) is 1.10. The van der Waals surface area contributed by atoms with Crippen LogP contribution in [0.4, 0.5) is 4.39 Å². The summed E-state index contributed by atoms with van der Waals surface area (Å²) in [4.78, 5) is 0.157. The minimum absolute atomic E-state index is 0.0830. The van der Waals surface area contributed by atoms with Crippen molar-refractivity contribution in [1.29, 1.82) is 5.26 Å². The van der Waals surface area contributed by atoms with Gasteiger partial charge < -0.3 is 4.74 Å². The first kappa shape index (κ1) is 14.0. The van der Waals surface area contributed by atoms with Crippen LogP contribution in [-0.2, 0) is 9.84 Å². The minimum Gasteiger partial charge on any atom is -0.456 e. The van der Waals surface area contributed by atoms with Crippen LogP contribution in [0, 0.1) is 17.1 Å². The highest BCUT2D eigenvalue weighted by Crippen LogP contribution is 2.27. The molecule has 0 N–H and O–H groups in total. The maximum absolute atomic E-state index is 13.4. The van der Waals surface area contributed by atoms with Gasteiger partial charge >= 0.3 is 0 Å². The molecule has 102 valence electrons. The molecular weight excluding hydrogens is 281 g/mol. The lowest BCUT2D eigenvalue weighted by molar-refractivity contribution is 0.474. The molecule has 0 saturated heterocycles. The maximum atomic E-state index is 13.4. The van der Waals surface area contributed by atoms with Gasteiger partial charge in [0.1, 0.15) is 28.9 Å². The summed E-state index contributed by atoms with van der Waals surface area (Å²) in [5, 5.41) is 8.88. The van der Waals surface area contributed by atoms with E-state index < -0.39 is 15.7 Å². The number of rotatable bonds is 3. The van der Waals surface area contributed by atoms with Crippen LogP contribution >= 0.6 is 0 Å². The second-order valence-corrected chi connectivity index (χ2v) is 6.09. The van der Waals surface area contributed by atoms with Gasteiger partial charge in [0.2, 0.25) is 0 Å². The molecular formula is C14H10FNO3S. The first-order valence-corrected chi connectivity index (χ1v) is 7.47. The van der Waals surface area contributed by atoms with E-state index in [4.69, 9.17) is 10.00 Å². The summed E-state index contributed by atoms with van der Waals surface area (Å²) in [6.45, 7) is 0. The normalized spacial score (nSPS) is 10.8. The standard InChI is InChI=1S/C14H10FNO3S/c1-20(17,18)11-7-5-10(6-8-11)19-14-4-2-3-13(15)12(14)9-16/h2-8H,1H3. The molecule has 0 fully saturated rings. The molecule has 0 atom stereocenters. The van der Waals surface area contributed by atoms with Crippen molar-refractivity contribution >= 4 is 9.84 Å². The van der Waals surface area contributed by atoms with E-state index in [1.165, 1.54) is 36.4 Å². The maximum Gasteiger partial charge on any atom is 0.175 e. The molecule has 0 aliphatic carbocycles. The topological polar surface area (TPSA) is 67.2 Å². The fraction of sp³-hybridized carbons (Fsp3) is 0.0714. The third-order valence-corrected chi connectivity index (χ3v) is 3.70. The third-order valence-electron chi connectivity index (χ3n) is 2.57. The van der Waals surface area contributed by atoms with E-state index in [1.54, 1.807) is 6.07 Å². The minimum atomic E-state index is -3.28. The largest absolute Gasteiger partial charge is 0.456 e. The van der Waals surface area contributed by atoms with Crippen LogP contribution in [0.3, 0.4) is 0 Å². The van der Waals surface area contributed by atoms with Gasteiger partial charge in [-0.15, -0.1) is 0 Å². The highest BCUT2D eigenvalue weighted by Gasteiger charge is 2.11.